The van der Waals surface area contributed by atoms with Crippen molar-refractivity contribution in [1.29, 1.82) is 0 Å². The summed E-state index contributed by atoms with van der Waals surface area (Å²) in [6.07, 6.45) is 0. The van der Waals surface area contributed by atoms with Gasteiger partial charge in [0.1, 0.15) is 0 Å². The van der Waals surface area contributed by atoms with E-state index >= 15 is 0 Å². The number of hydrogen-bond acceptors (Lipinski definition) is 3. The summed E-state index contributed by atoms with van der Waals surface area (Å²) < 4.78 is 0. The van der Waals surface area contributed by atoms with Crippen LogP contribution in [0.25, 0.3) is 0 Å². The first kappa shape index (κ1) is 10.9. The van der Waals surface area contributed by atoms with E-state index in [-0.39, 0.29) is 0 Å². The molecule has 0 aromatic carbocycles. The van der Waals surface area contributed by atoms with Crippen molar-refractivity contribution in [3.05, 3.63) is 6.54 Å². The topological polar surface area (TPSA) is 50.1 Å². The molecule has 4 N–H and O–H groups in total. The van der Waals surface area contributed by atoms with Gasteiger partial charge in [0, 0.05) is 32.7 Å². The highest BCUT2D eigenvalue weighted by atomic mass is 14.9. The fourth-order valence-corrected chi connectivity index (χ4v) is 0.707. The van der Waals surface area contributed by atoms with Crippen LogP contribution in [0.15, 0.2) is 0 Å². The number of nitrogens with two attached hydrogens (primary N) is 1. The highest BCUT2D eigenvalue weighted by Gasteiger charge is 1.91. The van der Waals surface area contributed by atoms with Gasteiger partial charge in [-0.1, -0.05) is 13.8 Å². The highest BCUT2D eigenvalue weighted by molar-refractivity contribution is 4.66. The Labute approximate surface area is 69.7 Å². The van der Waals surface area contributed by atoms with E-state index in [1.807, 2.05) is 0 Å². The molecule has 0 aliphatic rings. The smallest absolute Gasteiger partial charge is 0.0247 e. The van der Waals surface area contributed by atoms with E-state index in [9.17, 15) is 0 Å². The second-order valence-electron chi connectivity index (χ2n) is 2.90. The molecule has 0 saturated carbocycles. The van der Waals surface area contributed by atoms with Gasteiger partial charge in [0.05, 0.1) is 0 Å². The van der Waals surface area contributed by atoms with Crippen LogP contribution in [-0.4, -0.2) is 26.2 Å². The Bertz CT molecular complexity index is 73.7. The van der Waals surface area contributed by atoms with Gasteiger partial charge in [-0.15, -0.1) is 0 Å². The van der Waals surface area contributed by atoms with Crippen molar-refractivity contribution in [1.82, 2.24) is 10.6 Å². The maximum absolute atomic E-state index is 5.30. The monoisotopic (exact) mass is 158 g/mol. The van der Waals surface area contributed by atoms with Gasteiger partial charge in [0.2, 0.25) is 0 Å². The highest BCUT2D eigenvalue weighted by Crippen LogP contribution is 1.91. The third-order valence-electron chi connectivity index (χ3n) is 1.22. The van der Waals surface area contributed by atoms with Gasteiger partial charge in [0.15, 0.2) is 0 Å². The molecule has 0 aromatic heterocycles. The van der Waals surface area contributed by atoms with E-state index in [4.69, 9.17) is 5.73 Å². The summed E-state index contributed by atoms with van der Waals surface area (Å²) in [5.41, 5.74) is 5.30. The Kier molecular flexibility index (Phi) is 7.89. The zero-order valence-corrected chi connectivity index (χ0v) is 7.56. The van der Waals surface area contributed by atoms with Crippen molar-refractivity contribution in [2.24, 2.45) is 11.7 Å². The fourth-order valence-electron chi connectivity index (χ4n) is 0.707. The predicted molar refractivity (Wildman–Crippen MR) is 49.1 cm³/mol. The molecule has 0 atom stereocenters. The molecule has 11 heavy (non-hydrogen) atoms. The lowest BCUT2D eigenvalue weighted by Gasteiger charge is -2.06. The van der Waals surface area contributed by atoms with Crippen molar-refractivity contribution >= 4 is 0 Å². The third-order valence-corrected chi connectivity index (χ3v) is 1.22. The minimum atomic E-state index is 0.615. The van der Waals surface area contributed by atoms with Crippen LogP contribution in [0.3, 0.4) is 0 Å². The molecule has 3 nitrogen and oxygen atoms in total. The average Bonchev–Trinajstić information content (AvgIpc) is 1.96. The molecule has 0 heterocycles. The van der Waals surface area contributed by atoms with E-state index in [1.54, 1.807) is 0 Å². The first-order chi connectivity index (χ1) is 5.27. The second kappa shape index (κ2) is 7.98. The summed E-state index contributed by atoms with van der Waals surface area (Å²) in [5.74, 6) is 0.615. The third kappa shape index (κ3) is 9.88. The SMILES string of the molecule is CC(C)[CH]NCCNCCN. The molecule has 3 heteroatoms. The maximum atomic E-state index is 5.30. The largest absolute Gasteiger partial charge is 0.329 e. The summed E-state index contributed by atoms with van der Waals surface area (Å²) in [5, 5.41) is 6.42. The summed E-state index contributed by atoms with van der Waals surface area (Å²) in [7, 11) is 0. The zero-order chi connectivity index (χ0) is 8.53. The van der Waals surface area contributed by atoms with Crippen LogP contribution in [0.1, 0.15) is 13.8 Å². The number of rotatable bonds is 7. The van der Waals surface area contributed by atoms with Gasteiger partial charge in [-0.05, 0) is 5.92 Å². The first-order valence-electron chi connectivity index (χ1n) is 4.25. The molecule has 0 fully saturated rings. The molecule has 0 bridgehead atoms. The molecule has 1 radical (unpaired) electrons. The molecule has 0 aromatic rings. The van der Waals surface area contributed by atoms with Crippen molar-refractivity contribution in [2.45, 2.75) is 13.8 Å². The lowest BCUT2D eigenvalue weighted by atomic mass is 10.2. The minimum absolute atomic E-state index is 0.615. The summed E-state index contributed by atoms with van der Waals surface area (Å²) in [6.45, 7) is 10.0. The molecule has 67 valence electrons. The van der Waals surface area contributed by atoms with E-state index in [0.717, 1.165) is 19.6 Å². The van der Waals surface area contributed by atoms with E-state index in [2.05, 4.69) is 31.0 Å². The Hall–Kier alpha value is -0.120. The summed E-state index contributed by atoms with van der Waals surface area (Å²) >= 11 is 0. The fraction of sp³-hybridized carbons (Fsp3) is 0.875. The Morgan fingerprint density at radius 1 is 1.27 bits per heavy atom. The summed E-state index contributed by atoms with van der Waals surface area (Å²) in [6, 6.07) is 0. The normalized spacial score (nSPS) is 10.9. The van der Waals surface area contributed by atoms with Crippen molar-refractivity contribution in [2.75, 3.05) is 26.2 Å². The van der Waals surface area contributed by atoms with E-state index in [0.29, 0.717) is 12.5 Å². The van der Waals surface area contributed by atoms with Crippen LogP contribution in [0.2, 0.25) is 0 Å². The number of nitrogens with one attached hydrogen (secondary N) is 2. The van der Waals surface area contributed by atoms with Crippen LogP contribution >= 0.6 is 0 Å². The lowest BCUT2D eigenvalue weighted by molar-refractivity contribution is 0.603. The standard InChI is InChI=1S/C8H20N3/c1-8(2)7-11-6-5-10-4-3-9/h7-8,10-11H,3-6,9H2,1-2H3. The van der Waals surface area contributed by atoms with Crippen molar-refractivity contribution in [3.63, 3.8) is 0 Å². The number of hydrogen-bond donors (Lipinski definition) is 3. The lowest BCUT2D eigenvalue weighted by Crippen LogP contribution is -2.30. The minimum Gasteiger partial charge on any atom is -0.329 e. The molecule has 0 aliphatic heterocycles. The van der Waals surface area contributed by atoms with Gasteiger partial charge in [-0.25, -0.2) is 0 Å². The molecule has 0 amide bonds. The summed E-state index contributed by atoms with van der Waals surface area (Å²) in [4.78, 5) is 0. The molecule has 0 aliphatic carbocycles. The predicted octanol–water partition coefficient (Wildman–Crippen LogP) is -0.0579. The van der Waals surface area contributed by atoms with Crippen LogP contribution in [0.4, 0.5) is 0 Å². The quantitative estimate of drug-likeness (QED) is 0.455. The van der Waals surface area contributed by atoms with Crippen LogP contribution in [-0.2, 0) is 0 Å². The maximum Gasteiger partial charge on any atom is 0.0247 e. The van der Waals surface area contributed by atoms with Crippen LogP contribution < -0.4 is 16.4 Å². The van der Waals surface area contributed by atoms with E-state index < -0.39 is 0 Å². The van der Waals surface area contributed by atoms with Crippen LogP contribution in [0.5, 0.6) is 0 Å². The van der Waals surface area contributed by atoms with Gasteiger partial charge in [0.25, 0.3) is 0 Å². The molecule has 0 spiro atoms. The van der Waals surface area contributed by atoms with Crippen molar-refractivity contribution < 1.29 is 0 Å². The van der Waals surface area contributed by atoms with Crippen LogP contribution in [0, 0.1) is 12.5 Å². The van der Waals surface area contributed by atoms with Gasteiger partial charge in [-0.2, -0.15) is 0 Å². The van der Waals surface area contributed by atoms with Crippen molar-refractivity contribution in [3.8, 4) is 0 Å². The van der Waals surface area contributed by atoms with Gasteiger partial charge >= 0.3 is 0 Å². The Morgan fingerprint density at radius 3 is 2.55 bits per heavy atom. The average molecular weight is 158 g/mol. The molecule has 0 unspecified atom stereocenters. The molecule has 0 saturated heterocycles. The first-order valence-corrected chi connectivity index (χ1v) is 4.25. The zero-order valence-electron chi connectivity index (χ0n) is 7.56. The molecule has 0 rings (SSSR count). The second-order valence-corrected chi connectivity index (χ2v) is 2.90. The van der Waals surface area contributed by atoms with E-state index in [1.165, 1.54) is 0 Å². The molecular weight excluding hydrogens is 138 g/mol. The molecular formula is C8H20N3. The Balaban J connectivity index is 2.80. The van der Waals surface area contributed by atoms with Gasteiger partial charge in [-0.3, -0.25) is 0 Å². The van der Waals surface area contributed by atoms with Gasteiger partial charge < -0.3 is 16.4 Å². The Morgan fingerprint density at radius 2 is 2.00 bits per heavy atom.